The standard InChI is InChI=1S/C25H32N4O2.ClH/c1-20(2)22-8-10-23(11-9-22)29-17-16-28(25(29)31)19-24(30)27-14-12-26(13-15-27)18-21-6-4-3-5-7-21;/h3-11,20H,12-19H2,1-2H3;1H. The second-order valence-electron chi connectivity index (χ2n) is 8.74. The van der Waals surface area contributed by atoms with Crippen LogP contribution in [0.4, 0.5) is 10.5 Å². The molecular weight excluding hydrogens is 424 g/mol. The molecule has 0 saturated carbocycles. The summed E-state index contributed by atoms with van der Waals surface area (Å²) in [5, 5.41) is 0. The Morgan fingerprint density at radius 3 is 2.16 bits per heavy atom. The number of hydrogen-bond acceptors (Lipinski definition) is 3. The van der Waals surface area contributed by atoms with Crippen LogP contribution in [0.25, 0.3) is 0 Å². The van der Waals surface area contributed by atoms with Crippen LogP contribution in [0.15, 0.2) is 54.6 Å². The topological polar surface area (TPSA) is 47.1 Å². The maximum absolute atomic E-state index is 12.9. The number of anilines is 1. The molecule has 4 rings (SSSR count). The summed E-state index contributed by atoms with van der Waals surface area (Å²) in [7, 11) is 0. The number of nitrogens with zero attached hydrogens (tertiary/aromatic N) is 4. The van der Waals surface area contributed by atoms with Gasteiger partial charge in [0.25, 0.3) is 0 Å². The number of piperazine rings is 1. The van der Waals surface area contributed by atoms with Gasteiger partial charge in [-0.3, -0.25) is 14.6 Å². The van der Waals surface area contributed by atoms with Crippen LogP contribution in [-0.4, -0.2) is 72.5 Å². The van der Waals surface area contributed by atoms with E-state index in [0.717, 1.165) is 25.3 Å². The van der Waals surface area contributed by atoms with E-state index in [1.165, 1.54) is 11.1 Å². The highest BCUT2D eigenvalue weighted by atomic mass is 35.5. The largest absolute Gasteiger partial charge is 0.339 e. The first kappa shape index (κ1) is 24.1. The van der Waals surface area contributed by atoms with Gasteiger partial charge in [0.05, 0.1) is 0 Å². The predicted octanol–water partition coefficient (Wildman–Crippen LogP) is 3.82. The molecule has 32 heavy (non-hydrogen) atoms. The second-order valence-corrected chi connectivity index (χ2v) is 8.74. The van der Waals surface area contributed by atoms with Crippen molar-refractivity contribution in [3.05, 3.63) is 65.7 Å². The van der Waals surface area contributed by atoms with Crippen molar-refractivity contribution in [3.63, 3.8) is 0 Å². The molecule has 6 nitrogen and oxygen atoms in total. The lowest BCUT2D eigenvalue weighted by molar-refractivity contribution is -0.133. The molecule has 0 spiro atoms. The maximum Gasteiger partial charge on any atom is 0.325 e. The Labute approximate surface area is 197 Å². The summed E-state index contributed by atoms with van der Waals surface area (Å²) in [6.07, 6.45) is 0. The van der Waals surface area contributed by atoms with Crippen LogP contribution >= 0.6 is 12.4 Å². The molecule has 0 aromatic heterocycles. The number of hydrogen-bond donors (Lipinski definition) is 0. The Bertz CT molecular complexity index is 896. The number of halogens is 1. The van der Waals surface area contributed by atoms with Crippen LogP contribution in [0.5, 0.6) is 0 Å². The summed E-state index contributed by atoms with van der Waals surface area (Å²) in [6, 6.07) is 18.5. The average molecular weight is 457 g/mol. The minimum atomic E-state index is -0.0756. The van der Waals surface area contributed by atoms with E-state index in [-0.39, 0.29) is 30.9 Å². The van der Waals surface area contributed by atoms with Crippen molar-refractivity contribution >= 4 is 30.0 Å². The lowest BCUT2D eigenvalue weighted by atomic mass is 10.0. The lowest BCUT2D eigenvalue weighted by Crippen LogP contribution is -2.51. The van der Waals surface area contributed by atoms with Crippen molar-refractivity contribution < 1.29 is 9.59 Å². The number of amides is 3. The smallest absolute Gasteiger partial charge is 0.325 e. The summed E-state index contributed by atoms with van der Waals surface area (Å²) >= 11 is 0. The first-order valence-electron chi connectivity index (χ1n) is 11.2. The van der Waals surface area contributed by atoms with Crippen LogP contribution in [0, 0.1) is 0 Å². The molecular formula is C25H33ClN4O2. The minimum Gasteiger partial charge on any atom is -0.339 e. The lowest BCUT2D eigenvalue weighted by Gasteiger charge is -2.35. The fourth-order valence-corrected chi connectivity index (χ4v) is 4.27. The van der Waals surface area contributed by atoms with Crippen molar-refractivity contribution in [1.29, 1.82) is 0 Å². The molecule has 0 atom stereocenters. The van der Waals surface area contributed by atoms with Gasteiger partial charge in [-0.15, -0.1) is 12.4 Å². The summed E-state index contributed by atoms with van der Waals surface area (Å²) in [5.41, 5.74) is 3.46. The van der Waals surface area contributed by atoms with E-state index < -0.39 is 0 Å². The van der Waals surface area contributed by atoms with Gasteiger partial charge in [0, 0.05) is 51.5 Å². The van der Waals surface area contributed by atoms with E-state index in [1.807, 2.05) is 23.1 Å². The highest BCUT2D eigenvalue weighted by Crippen LogP contribution is 2.23. The quantitative estimate of drug-likeness (QED) is 0.663. The second kappa shape index (κ2) is 10.8. The predicted molar refractivity (Wildman–Crippen MR) is 130 cm³/mol. The fourth-order valence-electron chi connectivity index (χ4n) is 4.27. The monoisotopic (exact) mass is 456 g/mol. The summed E-state index contributed by atoms with van der Waals surface area (Å²) < 4.78 is 0. The number of benzene rings is 2. The summed E-state index contributed by atoms with van der Waals surface area (Å²) in [5.74, 6) is 0.510. The van der Waals surface area contributed by atoms with Crippen LogP contribution in [-0.2, 0) is 11.3 Å². The molecule has 0 unspecified atom stereocenters. The molecule has 2 fully saturated rings. The fraction of sp³-hybridized carbons (Fsp3) is 0.440. The van der Waals surface area contributed by atoms with Gasteiger partial charge in [0.15, 0.2) is 0 Å². The van der Waals surface area contributed by atoms with Crippen LogP contribution in [0.2, 0.25) is 0 Å². The van der Waals surface area contributed by atoms with Gasteiger partial charge in [-0.2, -0.15) is 0 Å². The maximum atomic E-state index is 12.9. The zero-order valence-electron chi connectivity index (χ0n) is 18.9. The number of rotatable bonds is 6. The number of carbonyl (C=O) groups excluding carboxylic acids is 2. The van der Waals surface area contributed by atoms with Gasteiger partial charge in [-0.25, -0.2) is 4.79 Å². The van der Waals surface area contributed by atoms with Crippen molar-refractivity contribution in [2.45, 2.75) is 26.3 Å². The summed E-state index contributed by atoms with van der Waals surface area (Å²) in [4.78, 5) is 33.4. The van der Waals surface area contributed by atoms with Crippen LogP contribution in [0.1, 0.15) is 30.9 Å². The average Bonchev–Trinajstić information content (AvgIpc) is 3.15. The minimum absolute atomic E-state index is 0. The third-order valence-corrected chi connectivity index (χ3v) is 6.27. The van der Waals surface area contributed by atoms with Gasteiger partial charge in [0.2, 0.25) is 5.91 Å². The van der Waals surface area contributed by atoms with E-state index in [4.69, 9.17) is 0 Å². The number of urea groups is 1. The Kier molecular flexibility index (Phi) is 8.15. The Balaban J connectivity index is 0.00000289. The van der Waals surface area contributed by atoms with E-state index in [9.17, 15) is 9.59 Å². The molecule has 2 heterocycles. The van der Waals surface area contributed by atoms with Gasteiger partial charge in [-0.05, 0) is 29.2 Å². The highest BCUT2D eigenvalue weighted by Gasteiger charge is 2.32. The first-order valence-corrected chi connectivity index (χ1v) is 11.2. The van der Waals surface area contributed by atoms with E-state index in [1.54, 1.807) is 9.80 Å². The van der Waals surface area contributed by atoms with Gasteiger partial charge in [-0.1, -0.05) is 56.3 Å². The van der Waals surface area contributed by atoms with E-state index in [2.05, 4.69) is 55.1 Å². The Morgan fingerprint density at radius 1 is 0.875 bits per heavy atom. The zero-order valence-corrected chi connectivity index (χ0v) is 19.8. The van der Waals surface area contributed by atoms with Crippen molar-refractivity contribution in [2.75, 3.05) is 50.7 Å². The molecule has 2 aromatic carbocycles. The molecule has 0 radical (unpaired) electrons. The van der Waals surface area contributed by atoms with E-state index in [0.29, 0.717) is 32.1 Å². The van der Waals surface area contributed by atoms with Gasteiger partial charge in [0.1, 0.15) is 6.54 Å². The van der Waals surface area contributed by atoms with Gasteiger partial charge >= 0.3 is 6.03 Å². The SMILES string of the molecule is CC(C)c1ccc(N2CCN(CC(=O)N3CCN(Cc4ccccc4)CC3)C2=O)cc1.Cl. The molecule has 0 bridgehead atoms. The molecule has 0 N–H and O–H groups in total. The Hall–Kier alpha value is -2.57. The molecule has 2 aromatic rings. The zero-order chi connectivity index (χ0) is 21.8. The molecule has 2 aliphatic rings. The molecule has 7 heteroatoms. The van der Waals surface area contributed by atoms with Crippen molar-refractivity contribution in [1.82, 2.24) is 14.7 Å². The first-order chi connectivity index (χ1) is 15.0. The summed E-state index contributed by atoms with van der Waals surface area (Å²) in [6.45, 7) is 9.77. The molecule has 0 aliphatic carbocycles. The van der Waals surface area contributed by atoms with Crippen molar-refractivity contribution in [3.8, 4) is 0 Å². The third-order valence-electron chi connectivity index (χ3n) is 6.27. The molecule has 3 amide bonds. The molecule has 2 aliphatic heterocycles. The highest BCUT2D eigenvalue weighted by molar-refractivity contribution is 5.96. The molecule has 172 valence electrons. The van der Waals surface area contributed by atoms with E-state index >= 15 is 0 Å². The van der Waals surface area contributed by atoms with Gasteiger partial charge < -0.3 is 9.80 Å². The van der Waals surface area contributed by atoms with Crippen LogP contribution < -0.4 is 4.90 Å². The number of carbonyl (C=O) groups is 2. The van der Waals surface area contributed by atoms with Crippen molar-refractivity contribution in [2.24, 2.45) is 0 Å². The Morgan fingerprint density at radius 2 is 1.53 bits per heavy atom. The third kappa shape index (κ3) is 5.61. The normalized spacial score (nSPS) is 17.1. The van der Waals surface area contributed by atoms with Crippen LogP contribution in [0.3, 0.4) is 0 Å². The molecule has 2 saturated heterocycles.